The number of rotatable bonds is 4. The van der Waals surface area contributed by atoms with E-state index >= 15 is 0 Å². The molecule has 2 heterocycles. The highest BCUT2D eigenvalue weighted by Crippen LogP contribution is 2.20. The summed E-state index contributed by atoms with van der Waals surface area (Å²) in [6.45, 7) is 6.37. The molecule has 0 saturated carbocycles. The summed E-state index contributed by atoms with van der Waals surface area (Å²) in [6, 6.07) is 0.825. The molecular formula is C11H23N3. The molecule has 0 spiro atoms. The van der Waals surface area contributed by atoms with Gasteiger partial charge in [-0.25, -0.2) is 0 Å². The van der Waals surface area contributed by atoms with Gasteiger partial charge >= 0.3 is 0 Å². The van der Waals surface area contributed by atoms with Crippen LogP contribution >= 0.6 is 0 Å². The van der Waals surface area contributed by atoms with E-state index in [-0.39, 0.29) is 0 Å². The van der Waals surface area contributed by atoms with Gasteiger partial charge in [-0.05, 0) is 39.4 Å². The van der Waals surface area contributed by atoms with E-state index in [4.69, 9.17) is 0 Å². The Labute approximate surface area is 87.4 Å². The minimum Gasteiger partial charge on any atom is -0.316 e. The molecule has 3 heteroatoms. The third-order valence-electron chi connectivity index (χ3n) is 3.43. The molecule has 0 aromatic carbocycles. The summed E-state index contributed by atoms with van der Waals surface area (Å²) in [7, 11) is 4.36. The molecule has 1 atom stereocenters. The molecule has 1 N–H and O–H groups in total. The maximum atomic E-state index is 3.35. The van der Waals surface area contributed by atoms with Crippen molar-refractivity contribution in [2.45, 2.75) is 18.9 Å². The summed E-state index contributed by atoms with van der Waals surface area (Å²) in [6.07, 6.45) is 2.80. The maximum absolute atomic E-state index is 3.35. The van der Waals surface area contributed by atoms with E-state index in [0.29, 0.717) is 0 Å². The number of likely N-dealkylation sites (N-methyl/N-ethyl adjacent to an activating group) is 1. The Bertz CT molecular complexity index is 177. The zero-order valence-corrected chi connectivity index (χ0v) is 9.50. The van der Waals surface area contributed by atoms with Crippen LogP contribution in [0.3, 0.4) is 0 Å². The van der Waals surface area contributed by atoms with Gasteiger partial charge in [-0.3, -0.25) is 4.90 Å². The molecule has 0 radical (unpaired) electrons. The van der Waals surface area contributed by atoms with Gasteiger partial charge in [-0.1, -0.05) is 0 Å². The predicted octanol–water partition coefficient (Wildman–Crippen LogP) is 0.232. The Morgan fingerprint density at radius 1 is 1.36 bits per heavy atom. The van der Waals surface area contributed by atoms with Gasteiger partial charge < -0.3 is 10.2 Å². The topological polar surface area (TPSA) is 18.5 Å². The zero-order valence-electron chi connectivity index (χ0n) is 9.50. The second-order valence-corrected chi connectivity index (χ2v) is 5.08. The van der Waals surface area contributed by atoms with Gasteiger partial charge in [0, 0.05) is 32.2 Å². The quantitative estimate of drug-likeness (QED) is 0.696. The fourth-order valence-electron chi connectivity index (χ4n) is 2.57. The van der Waals surface area contributed by atoms with Gasteiger partial charge in [0.05, 0.1) is 0 Å². The molecule has 0 aromatic heterocycles. The molecule has 14 heavy (non-hydrogen) atoms. The van der Waals surface area contributed by atoms with Gasteiger partial charge in [0.2, 0.25) is 0 Å². The van der Waals surface area contributed by atoms with Crippen LogP contribution in [0.4, 0.5) is 0 Å². The number of hydrogen-bond donors (Lipinski definition) is 1. The van der Waals surface area contributed by atoms with Gasteiger partial charge in [0.15, 0.2) is 0 Å². The van der Waals surface area contributed by atoms with Crippen LogP contribution in [-0.2, 0) is 0 Å². The fraction of sp³-hybridized carbons (Fsp3) is 1.00. The van der Waals surface area contributed by atoms with Crippen LogP contribution in [0.25, 0.3) is 0 Å². The molecule has 0 amide bonds. The predicted molar refractivity (Wildman–Crippen MR) is 59.5 cm³/mol. The first-order chi connectivity index (χ1) is 6.75. The summed E-state index contributed by atoms with van der Waals surface area (Å²) >= 11 is 0. The minimum atomic E-state index is 0.825. The molecule has 2 saturated heterocycles. The maximum Gasteiger partial charge on any atom is 0.0223 e. The van der Waals surface area contributed by atoms with Crippen molar-refractivity contribution in [1.29, 1.82) is 0 Å². The molecule has 2 rings (SSSR count). The third-order valence-corrected chi connectivity index (χ3v) is 3.43. The Hall–Kier alpha value is -0.120. The first-order valence-electron chi connectivity index (χ1n) is 5.85. The third kappa shape index (κ3) is 2.47. The van der Waals surface area contributed by atoms with Crippen LogP contribution in [0.1, 0.15) is 12.8 Å². The van der Waals surface area contributed by atoms with E-state index in [1.807, 2.05) is 0 Å². The number of nitrogens with zero attached hydrogens (tertiary/aromatic N) is 2. The van der Waals surface area contributed by atoms with E-state index in [1.54, 1.807) is 0 Å². The molecule has 3 nitrogen and oxygen atoms in total. The Balaban J connectivity index is 1.77. The average Bonchev–Trinajstić information content (AvgIpc) is 2.44. The second-order valence-electron chi connectivity index (χ2n) is 5.08. The van der Waals surface area contributed by atoms with Crippen LogP contribution in [0, 0.1) is 5.92 Å². The van der Waals surface area contributed by atoms with Gasteiger partial charge in [-0.15, -0.1) is 0 Å². The number of likely N-dealkylation sites (tertiary alicyclic amines) is 1. The lowest BCUT2D eigenvalue weighted by Gasteiger charge is -2.34. The molecule has 2 aliphatic heterocycles. The lowest BCUT2D eigenvalue weighted by Crippen LogP contribution is -2.50. The average molecular weight is 197 g/mol. The van der Waals surface area contributed by atoms with Crippen molar-refractivity contribution in [2.24, 2.45) is 5.92 Å². The van der Waals surface area contributed by atoms with Crippen molar-refractivity contribution in [3.8, 4) is 0 Å². The van der Waals surface area contributed by atoms with E-state index < -0.39 is 0 Å². The molecular weight excluding hydrogens is 174 g/mol. The van der Waals surface area contributed by atoms with Crippen molar-refractivity contribution in [2.75, 3.05) is 46.8 Å². The Morgan fingerprint density at radius 2 is 2.14 bits per heavy atom. The van der Waals surface area contributed by atoms with Crippen LogP contribution < -0.4 is 5.32 Å². The second kappa shape index (κ2) is 4.60. The smallest absolute Gasteiger partial charge is 0.0223 e. The molecule has 0 aliphatic carbocycles. The van der Waals surface area contributed by atoms with E-state index in [1.165, 1.54) is 45.6 Å². The summed E-state index contributed by atoms with van der Waals surface area (Å²) < 4.78 is 0. The first kappa shape index (κ1) is 10.4. The van der Waals surface area contributed by atoms with Crippen molar-refractivity contribution in [3.63, 3.8) is 0 Å². The highest BCUT2D eigenvalue weighted by molar-refractivity contribution is 4.86. The van der Waals surface area contributed by atoms with Crippen LogP contribution in [0.15, 0.2) is 0 Å². The monoisotopic (exact) mass is 197 g/mol. The largest absolute Gasteiger partial charge is 0.316 e. The first-order valence-corrected chi connectivity index (χ1v) is 5.85. The summed E-state index contributed by atoms with van der Waals surface area (Å²) in [5.41, 5.74) is 0. The van der Waals surface area contributed by atoms with E-state index in [0.717, 1.165) is 12.0 Å². The van der Waals surface area contributed by atoms with Crippen molar-refractivity contribution < 1.29 is 0 Å². The minimum absolute atomic E-state index is 0.825. The Kier molecular flexibility index (Phi) is 3.42. The van der Waals surface area contributed by atoms with Crippen LogP contribution in [-0.4, -0.2) is 62.7 Å². The number of nitrogens with one attached hydrogen (secondary N) is 1. The van der Waals surface area contributed by atoms with Crippen molar-refractivity contribution in [1.82, 2.24) is 15.1 Å². The molecule has 2 fully saturated rings. The molecule has 0 bridgehead atoms. The molecule has 0 aromatic rings. The number of hydrogen-bond acceptors (Lipinski definition) is 3. The van der Waals surface area contributed by atoms with Crippen molar-refractivity contribution in [3.05, 3.63) is 0 Å². The zero-order chi connectivity index (χ0) is 9.97. The van der Waals surface area contributed by atoms with Gasteiger partial charge in [0.1, 0.15) is 0 Å². The van der Waals surface area contributed by atoms with Crippen LogP contribution in [0.2, 0.25) is 0 Å². The van der Waals surface area contributed by atoms with Gasteiger partial charge in [-0.2, -0.15) is 0 Å². The fourth-order valence-corrected chi connectivity index (χ4v) is 2.57. The van der Waals surface area contributed by atoms with E-state index in [2.05, 4.69) is 29.2 Å². The summed E-state index contributed by atoms with van der Waals surface area (Å²) in [5, 5.41) is 3.35. The standard InChI is InChI=1S/C11H23N3/c1-13(2)9-11-4-3-5-14(11)8-10-6-12-7-10/h10-12H,3-9H2,1-2H3. The lowest BCUT2D eigenvalue weighted by molar-refractivity contribution is 0.158. The Morgan fingerprint density at radius 3 is 2.71 bits per heavy atom. The molecule has 1 unspecified atom stereocenters. The normalized spacial score (nSPS) is 29.8. The summed E-state index contributed by atoms with van der Waals surface area (Å²) in [5.74, 6) is 0.928. The highest BCUT2D eigenvalue weighted by Gasteiger charge is 2.28. The van der Waals surface area contributed by atoms with Crippen molar-refractivity contribution >= 4 is 0 Å². The SMILES string of the molecule is CN(C)CC1CCCN1CC1CNC1. The molecule has 2 aliphatic rings. The van der Waals surface area contributed by atoms with E-state index in [9.17, 15) is 0 Å². The van der Waals surface area contributed by atoms with Gasteiger partial charge in [0.25, 0.3) is 0 Å². The highest BCUT2D eigenvalue weighted by atomic mass is 15.2. The molecule has 82 valence electrons. The van der Waals surface area contributed by atoms with Crippen LogP contribution in [0.5, 0.6) is 0 Å². The lowest BCUT2D eigenvalue weighted by atomic mass is 10.0. The summed E-state index contributed by atoms with van der Waals surface area (Å²) in [4.78, 5) is 5.02.